The minimum absolute atomic E-state index is 0.172. The maximum atomic E-state index is 12.9. The van der Waals surface area contributed by atoms with Gasteiger partial charge in [0.15, 0.2) is 0 Å². The number of halogens is 1. The monoisotopic (exact) mass is 221 g/mol. The smallest absolute Gasteiger partial charge is 0.204 e. The number of benzene rings is 1. The van der Waals surface area contributed by atoms with E-state index in [1.54, 1.807) is 18.5 Å². The Kier molecular flexibility index (Phi) is 2.60. The molecule has 2 rings (SSSR count). The van der Waals surface area contributed by atoms with Crippen LogP contribution in [-0.4, -0.2) is 10.8 Å². The number of aromatic nitrogens is 1. The molecule has 15 heavy (non-hydrogen) atoms. The highest BCUT2D eigenvalue weighted by molar-refractivity contribution is 7.12. The molecule has 1 heterocycles. The fourth-order valence-electron chi connectivity index (χ4n) is 1.28. The largest absolute Gasteiger partial charge is 0.288 e. The van der Waals surface area contributed by atoms with Gasteiger partial charge in [-0.25, -0.2) is 9.37 Å². The second-order valence-corrected chi connectivity index (χ2v) is 3.96. The van der Waals surface area contributed by atoms with E-state index >= 15 is 0 Å². The molecule has 76 valence electrons. The van der Waals surface area contributed by atoms with Crippen LogP contribution in [0.1, 0.15) is 20.9 Å². The summed E-state index contributed by atoms with van der Waals surface area (Å²) in [5.74, 6) is -0.572. The first kappa shape index (κ1) is 9.98. The molecule has 2 nitrogen and oxygen atoms in total. The number of nitrogens with zero attached hydrogens (tertiary/aromatic N) is 1. The van der Waals surface area contributed by atoms with Crippen molar-refractivity contribution in [3.05, 3.63) is 51.7 Å². The third kappa shape index (κ3) is 1.94. The van der Waals surface area contributed by atoms with E-state index in [1.807, 2.05) is 0 Å². The van der Waals surface area contributed by atoms with Crippen molar-refractivity contribution >= 4 is 17.1 Å². The Hall–Kier alpha value is -1.55. The second kappa shape index (κ2) is 3.90. The minimum Gasteiger partial charge on any atom is -0.288 e. The Labute approximate surface area is 90.4 Å². The van der Waals surface area contributed by atoms with Crippen molar-refractivity contribution in [3.8, 4) is 0 Å². The van der Waals surface area contributed by atoms with Crippen LogP contribution in [0.3, 0.4) is 0 Å². The highest BCUT2D eigenvalue weighted by Crippen LogP contribution is 2.17. The molecule has 0 unspecified atom stereocenters. The van der Waals surface area contributed by atoms with Gasteiger partial charge in [-0.3, -0.25) is 4.79 Å². The number of aryl methyl sites for hydroxylation is 1. The lowest BCUT2D eigenvalue weighted by Crippen LogP contribution is -2.01. The minimum atomic E-state index is -0.400. The standard InChI is InChI=1S/C11H8FNOS/c1-7-11(15-6-13-7)10(14)8-3-2-4-9(12)5-8/h2-6H,1H3. The van der Waals surface area contributed by atoms with Crippen LogP contribution in [0, 0.1) is 12.7 Å². The van der Waals surface area contributed by atoms with E-state index in [1.165, 1.54) is 29.5 Å². The summed E-state index contributed by atoms with van der Waals surface area (Å²) in [7, 11) is 0. The molecule has 0 fully saturated rings. The maximum absolute atomic E-state index is 12.9. The number of rotatable bonds is 2. The zero-order valence-corrected chi connectivity index (χ0v) is 8.84. The summed E-state index contributed by atoms with van der Waals surface area (Å²) < 4.78 is 12.9. The number of thiazole rings is 1. The van der Waals surface area contributed by atoms with Gasteiger partial charge in [-0.15, -0.1) is 11.3 Å². The number of carbonyl (C=O) groups excluding carboxylic acids is 1. The van der Waals surface area contributed by atoms with Gasteiger partial charge in [0, 0.05) is 5.56 Å². The highest BCUT2D eigenvalue weighted by atomic mass is 32.1. The SMILES string of the molecule is Cc1ncsc1C(=O)c1cccc(F)c1. The Morgan fingerprint density at radius 2 is 2.27 bits per heavy atom. The third-order valence-electron chi connectivity index (χ3n) is 2.04. The van der Waals surface area contributed by atoms with Gasteiger partial charge >= 0.3 is 0 Å². The van der Waals surface area contributed by atoms with Crippen LogP contribution >= 0.6 is 11.3 Å². The lowest BCUT2D eigenvalue weighted by atomic mass is 10.1. The first-order valence-electron chi connectivity index (χ1n) is 4.39. The molecule has 0 saturated carbocycles. The van der Waals surface area contributed by atoms with Crippen molar-refractivity contribution in [2.24, 2.45) is 0 Å². The Balaban J connectivity index is 2.41. The van der Waals surface area contributed by atoms with Crippen LogP contribution in [0.15, 0.2) is 29.8 Å². The average molecular weight is 221 g/mol. The summed E-state index contributed by atoms with van der Waals surface area (Å²) in [6.07, 6.45) is 0. The van der Waals surface area contributed by atoms with Crippen LogP contribution in [0.25, 0.3) is 0 Å². The van der Waals surface area contributed by atoms with E-state index in [2.05, 4.69) is 4.98 Å². The van der Waals surface area contributed by atoms with Crippen molar-refractivity contribution in [3.63, 3.8) is 0 Å². The summed E-state index contributed by atoms with van der Waals surface area (Å²) in [4.78, 5) is 16.4. The van der Waals surface area contributed by atoms with E-state index in [0.29, 0.717) is 16.1 Å². The predicted octanol–water partition coefficient (Wildman–Crippen LogP) is 2.82. The van der Waals surface area contributed by atoms with Crippen LogP contribution < -0.4 is 0 Å². The molecule has 0 aliphatic heterocycles. The van der Waals surface area contributed by atoms with Crippen LogP contribution in [-0.2, 0) is 0 Å². The van der Waals surface area contributed by atoms with Crippen LogP contribution in [0.5, 0.6) is 0 Å². The third-order valence-corrected chi connectivity index (χ3v) is 2.97. The summed E-state index contributed by atoms with van der Waals surface area (Å²) in [6, 6.07) is 5.68. The van der Waals surface area contributed by atoms with Crippen LogP contribution in [0.2, 0.25) is 0 Å². The molecule has 0 N–H and O–H groups in total. The van der Waals surface area contributed by atoms with Crippen molar-refractivity contribution in [1.82, 2.24) is 4.98 Å². The van der Waals surface area contributed by atoms with Gasteiger partial charge in [0.05, 0.1) is 16.1 Å². The van der Waals surface area contributed by atoms with Gasteiger partial charge in [-0.05, 0) is 19.1 Å². The van der Waals surface area contributed by atoms with E-state index in [9.17, 15) is 9.18 Å². The molecule has 2 aromatic rings. The molecule has 1 aromatic heterocycles. The number of carbonyl (C=O) groups is 1. The topological polar surface area (TPSA) is 30.0 Å². The van der Waals surface area contributed by atoms with E-state index in [-0.39, 0.29) is 5.78 Å². The molecule has 4 heteroatoms. The van der Waals surface area contributed by atoms with Crippen molar-refractivity contribution < 1.29 is 9.18 Å². The van der Waals surface area contributed by atoms with Crippen molar-refractivity contribution in [1.29, 1.82) is 0 Å². The normalized spacial score (nSPS) is 10.3. The molecule has 0 atom stereocenters. The van der Waals surface area contributed by atoms with Gasteiger partial charge in [0.1, 0.15) is 5.82 Å². The number of ketones is 1. The molecule has 0 saturated heterocycles. The Morgan fingerprint density at radius 1 is 1.47 bits per heavy atom. The van der Waals surface area contributed by atoms with Crippen LogP contribution in [0.4, 0.5) is 4.39 Å². The zero-order chi connectivity index (χ0) is 10.8. The molecule has 0 spiro atoms. The van der Waals surface area contributed by atoms with Gasteiger partial charge in [-0.2, -0.15) is 0 Å². The zero-order valence-electron chi connectivity index (χ0n) is 8.03. The fraction of sp³-hybridized carbons (Fsp3) is 0.0909. The van der Waals surface area contributed by atoms with E-state index < -0.39 is 5.82 Å². The molecule has 0 amide bonds. The number of hydrogen-bond donors (Lipinski definition) is 0. The molecular weight excluding hydrogens is 213 g/mol. The maximum Gasteiger partial charge on any atom is 0.204 e. The van der Waals surface area contributed by atoms with Crippen molar-refractivity contribution in [2.75, 3.05) is 0 Å². The predicted molar refractivity (Wildman–Crippen MR) is 56.7 cm³/mol. The molecular formula is C11H8FNOS. The highest BCUT2D eigenvalue weighted by Gasteiger charge is 2.14. The van der Waals surface area contributed by atoms with Crippen molar-refractivity contribution in [2.45, 2.75) is 6.92 Å². The van der Waals surface area contributed by atoms with Gasteiger partial charge in [0.25, 0.3) is 0 Å². The molecule has 0 bridgehead atoms. The lowest BCUT2D eigenvalue weighted by molar-refractivity contribution is 0.104. The first-order chi connectivity index (χ1) is 7.18. The lowest BCUT2D eigenvalue weighted by Gasteiger charge is -1.98. The average Bonchev–Trinajstić information content (AvgIpc) is 2.63. The fourth-order valence-corrected chi connectivity index (χ4v) is 2.05. The molecule has 0 radical (unpaired) electrons. The number of hydrogen-bond acceptors (Lipinski definition) is 3. The summed E-state index contributed by atoms with van der Waals surface area (Å²) >= 11 is 1.28. The summed E-state index contributed by atoms with van der Waals surface area (Å²) in [5, 5.41) is 0. The molecule has 0 aliphatic carbocycles. The summed E-state index contributed by atoms with van der Waals surface area (Å²) in [6.45, 7) is 1.77. The summed E-state index contributed by atoms with van der Waals surface area (Å²) in [5.41, 5.74) is 2.67. The molecule has 1 aromatic carbocycles. The van der Waals surface area contributed by atoms with E-state index in [4.69, 9.17) is 0 Å². The van der Waals surface area contributed by atoms with Gasteiger partial charge in [-0.1, -0.05) is 12.1 Å². The first-order valence-corrected chi connectivity index (χ1v) is 5.27. The van der Waals surface area contributed by atoms with Gasteiger partial charge in [0.2, 0.25) is 5.78 Å². The Bertz CT molecular complexity index is 507. The van der Waals surface area contributed by atoms with Gasteiger partial charge < -0.3 is 0 Å². The quantitative estimate of drug-likeness (QED) is 0.730. The second-order valence-electron chi connectivity index (χ2n) is 3.11. The Morgan fingerprint density at radius 3 is 2.87 bits per heavy atom. The molecule has 0 aliphatic rings. The van der Waals surface area contributed by atoms with E-state index in [0.717, 1.165) is 0 Å².